The fourth-order valence-corrected chi connectivity index (χ4v) is 5.34. The molecule has 1 unspecified atom stereocenters. The molecule has 1 aromatic carbocycles. The number of carbonyl (C=O) groups excluding carboxylic acids is 3. The van der Waals surface area contributed by atoms with Gasteiger partial charge in [-0.2, -0.15) is 5.01 Å². The van der Waals surface area contributed by atoms with E-state index in [2.05, 4.69) is 53.9 Å². The molecule has 6 heteroatoms. The number of aromatic hydroxyl groups is 1. The fourth-order valence-electron chi connectivity index (χ4n) is 5.34. The average molecular weight is 543 g/mol. The van der Waals surface area contributed by atoms with Gasteiger partial charge in [-0.3, -0.25) is 19.8 Å². The second-order valence-corrected chi connectivity index (χ2v) is 13.5. The molecule has 0 aliphatic carbocycles. The van der Waals surface area contributed by atoms with Gasteiger partial charge in [-0.25, -0.2) is 0 Å². The zero-order valence-electron chi connectivity index (χ0n) is 25.8. The number of nitrogens with zero attached hydrogens (tertiary/aromatic N) is 1. The molecule has 6 nitrogen and oxygen atoms in total. The quantitative estimate of drug-likeness (QED) is 0.176. The highest BCUT2D eigenvalue weighted by Crippen LogP contribution is 2.40. The van der Waals surface area contributed by atoms with Crippen molar-refractivity contribution in [2.45, 2.75) is 149 Å². The number of amides is 3. The highest BCUT2D eigenvalue weighted by Gasteiger charge is 2.39. The van der Waals surface area contributed by atoms with Gasteiger partial charge in [-0.1, -0.05) is 125 Å². The second-order valence-electron chi connectivity index (χ2n) is 13.5. The van der Waals surface area contributed by atoms with Crippen LogP contribution >= 0.6 is 0 Å². The molecule has 2 rings (SSSR count). The van der Waals surface area contributed by atoms with Crippen LogP contribution < -0.4 is 5.43 Å². The molecular weight excluding hydrogens is 488 g/mol. The molecule has 1 aliphatic rings. The number of phenols is 1. The zero-order valence-corrected chi connectivity index (χ0v) is 25.8. The Morgan fingerprint density at radius 2 is 1.36 bits per heavy atom. The van der Waals surface area contributed by atoms with Crippen LogP contribution in [0, 0.1) is 5.92 Å². The number of phenolic OH excluding ortho intramolecular Hbond substituents is 1. The summed E-state index contributed by atoms with van der Waals surface area (Å²) < 4.78 is 0. The molecule has 220 valence electrons. The van der Waals surface area contributed by atoms with E-state index < -0.39 is 0 Å². The topological polar surface area (TPSA) is 86.7 Å². The van der Waals surface area contributed by atoms with Crippen LogP contribution in [0.1, 0.15) is 149 Å². The number of carbonyl (C=O) groups is 3. The van der Waals surface area contributed by atoms with Gasteiger partial charge in [-0.05, 0) is 40.4 Å². The Labute approximate surface area is 237 Å². The standard InChI is InChI=1S/C33H54N2O4/c1-8-9-10-11-12-13-14-15-16-17-18-25-23-29(37)35(31(25)39)34-28(36)20-19-24-21-26(32(2,3)4)30(38)27(22-24)33(5,6)7/h21-22,25,38H,8-20,23H2,1-7H3,(H,34,36). The molecule has 1 aromatic rings. The van der Waals surface area contributed by atoms with Crippen molar-refractivity contribution in [3.05, 3.63) is 28.8 Å². The molecule has 3 amide bonds. The largest absolute Gasteiger partial charge is 0.507 e. The molecule has 0 aromatic heterocycles. The van der Waals surface area contributed by atoms with Gasteiger partial charge in [0.2, 0.25) is 11.8 Å². The predicted octanol–water partition coefficient (Wildman–Crippen LogP) is 7.64. The smallest absolute Gasteiger partial charge is 0.251 e. The van der Waals surface area contributed by atoms with Crippen molar-refractivity contribution in [2.75, 3.05) is 0 Å². The van der Waals surface area contributed by atoms with Crippen molar-refractivity contribution < 1.29 is 19.5 Å². The lowest BCUT2D eigenvalue weighted by molar-refractivity contribution is -0.148. The third-order valence-electron chi connectivity index (χ3n) is 7.81. The number of nitrogens with one attached hydrogen (secondary N) is 1. The molecule has 1 aliphatic heterocycles. The van der Waals surface area contributed by atoms with Crippen molar-refractivity contribution >= 4 is 17.7 Å². The van der Waals surface area contributed by atoms with Crippen molar-refractivity contribution in [2.24, 2.45) is 5.92 Å². The summed E-state index contributed by atoms with van der Waals surface area (Å²) in [5.74, 6) is -0.962. The van der Waals surface area contributed by atoms with Gasteiger partial charge in [0.1, 0.15) is 5.75 Å². The number of rotatable bonds is 15. The fraction of sp³-hybridized carbons (Fsp3) is 0.727. The van der Waals surface area contributed by atoms with Gasteiger partial charge < -0.3 is 5.11 Å². The maximum absolute atomic E-state index is 12.8. The first-order valence-corrected chi connectivity index (χ1v) is 15.3. The van der Waals surface area contributed by atoms with Crippen LogP contribution in [0.15, 0.2) is 12.1 Å². The monoisotopic (exact) mass is 542 g/mol. The number of hydrogen-bond acceptors (Lipinski definition) is 4. The Balaban J connectivity index is 1.83. The normalized spacial score (nSPS) is 16.3. The lowest BCUT2D eigenvalue weighted by atomic mass is 9.78. The lowest BCUT2D eigenvalue weighted by Crippen LogP contribution is -2.46. The second kappa shape index (κ2) is 14.9. The van der Waals surface area contributed by atoms with Crippen LogP contribution in [0.4, 0.5) is 0 Å². The number of hydrazine groups is 1. The summed E-state index contributed by atoms with van der Waals surface area (Å²) in [6.07, 6.45) is 13.8. The van der Waals surface area contributed by atoms with E-state index in [9.17, 15) is 19.5 Å². The van der Waals surface area contributed by atoms with Gasteiger partial charge in [0, 0.05) is 18.8 Å². The number of unbranched alkanes of at least 4 members (excludes halogenated alkanes) is 9. The minimum atomic E-state index is -0.348. The van der Waals surface area contributed by atoms with E-state index in [4.69, 9.17) is 0 Å². The molecule has 0 spiro atoms. The molecule has 1 atom stereocenters. The summed E-state index contributed by atoms with van der Waals surface area (Å²) >= 11 is 0. The number of imide groups is 1. The Morgan fingerprint density at radius 3 is 1.85 bits per heavy atom. The Hall–Kier alpha value is -2.37. The maximum atomic E-state index is 12.8. The first-order valence-electron chi connectivity index (χ1n) is 15.3. The SMILES string of the molecule is CCCCCCCCCCCCC1CC(=O)N(NC(=O)CCc2cc(C(C)(C)C)c(O)c(C(C)(C)C)c2)C1=O. The molecule has 1 fully saturated rings. The molecule has 1 saturated heterocycles. The first-order chi connectivity index (χ1) is 18.3. The minimum Gasteiger partial charge on any atom is -0.507 e. The third kappa shape index (κ3) is 10.3. The van der Waals surface area contributed by atoms with Gasteiger partial charge >= 0.3 is 0 Å². The van der Waals surface area contributed by atoms with Crippen molar-refractivity contribution in [3.63, 3.8) is 0 Å². The van der Waals surface area contributed by atoms with E-state index in [1.54, 1.807) is 0 Å². The summed E-state index contributed by atoms with van der Waals surface area (Å²) in [6, 6.07) is 3.93. The zero-order chi connectivity index (χ0) is 29.2. The third-order valence-corrected chi connectivity index (χ3v) is 7.81. The summed E-state index contributed by atoms with van der Waals surface area (Å²) in [6.45, 7) is 14.6. The number of hydrogen-bond donors (Lipinski definition) is 2. The van der Waals surface area contributed by atoms with Gasteiger partial charge in [0.05, 0.1) is 0 Å². The summed E-state index contributed by atoms with van der Waals surface area (Å²) in [7, 11) is 0. The number of benzene rings is 1. The Kier molecular flexibility index (Phi) is 12.5. The minimum absolute atomic E-state index is 0.151. The van der Waals surface area contributed by atoms with Crippen LogP contribution in [0.2, 0.25) is 0 Å². The Morgan fingerprint density at radius 1 is 0.872 bits per heavy atom. The van der Waals surface area contributed by atoms with E-state index in [-0.39, 0.29) is 47.3 Å². The predicted molar refractivity (Wildman–Crippen MR) is 158 cm³/mol. The van der Waals surface area contributed by atoms with E-state index >= 15 is 0 Å². The van der Waals surface area contributed by atoms with Crippen LogP contribution in [0.3, 0.4) is 0 Å². The molecule has 39 heavy (non-hydrogen) atoms. The van der Waals surface area contributed by atoms with Crippen molar-refractivity contribution in [1.29, 1.82) is 0 Å². The van der Waals surface area contributed by atoms with Gasteiger partial charge in [0.15, 0.2) is 0 Å². The van der Waals surface area contributed by atoms with Crippen LogP contribution in [0.5, 0.6) is 5.75 Å². The maximum Gasteiger partial charge on any atom is 0.251 e. The molecule has 2 N–H and O–H groups in total. The molecule has 1 heterocycles. The van der Waals surface area contributed by atoms with Crippen LogP contribution in [-0.2, 0) is 31.6 Å². The summed E-state index contributed by atoms with van der Waals surface area (Å²) in [5.41, 5.74) is 4.72. The van der Waals surface area contributed by atoms with E-state index in [0.717, 1.165) is 34.5 Å². The molecule has 0 bridgehead atoms. The van der Waals surface area contributed by atoms with Crippen molar-refractivity contribution in [3.8, 4) is 5.75 Å². The highest BCUT2D eigenvalue weighted by atomic mass is 16.3. The summed E-state index contributed by atoms with van der Waals surface area (Å²) in [5, 5.41) is 11.9. The lowest BCUT2D eigenvalue weighted by Gasteiger charge is -2.28. The van der Waals surface area contributed by atoms with E-state index in [1.807, 2.05) is 12.1 Å². The highest BCUT2D eigenvalue weighted by molar-refractivity contribution is 6.04. The van der Waals surface area contributed by atoms with Crippen LogP contribution in [0.25, 0.3) is 0 Å². The first kappa shape index (κ1) is 32.8. The molecule has 0 saturated carbocycles. The summed E-state index contributed by atoms with van der Waals surface area (Å²) in [4.78, 5) is 38.1. The van der Waals surface area contributed by atoms with Crippen LogP contribution in [-0.4, -0.2) is 27.8 Å². The molecule has 0 radical (unpaired) electrons. The van der Waals surface area contributed by atoms with E-state index in [1.165, 1.54) is 51.4 Å². The van der Waals surface area contributed by atoms with Crippen molar-refractivity contribution in [1.82, 2.24) is 10.4 Å². The van der Waals surface area contributed by atoms with E-state index in [0.29, 0.717) is 18.6 Å². The van der Waals surface area contributed by atoms with Gasteiger partial charge in [-0.15, -0.1) is 0 Å². The number of aryl methyl sites for hydroxylation is 1. The Bertz CT molecular complexity index is 936. The average Bonchev–Trinajstić information content (AvgIpc) is 3.10. The van der Waals surface area contributed by atoms with Gasteiger partial charge in [0.25, 0.3) is 5.91 Å². The molecular formula is C33H54N2O4.